The van der Waals surface area contributed by atoms with Crippen molar-refractivity contribution in [3.05, 3.63) is 0 Å². The van der Waals surface area contributed by atoms with Crippen LogP contribution in [-0.2, 0) is 0 Å². The van der Waals surface area contributed by atoms with E-state index in [4.69, 9.17) is 5.73 Å². The molecule has 0 aromatic carbocycles. The first-order valence-electron chi connectivity index (χ1n) is 5.62. The van der Waals surface area contributed by atoms with Crippen LogP contribution in [0.25, 0.3) is 0 Å². The number of hydrogen-bond donors (Lipinski definition) is 1. The summed E-state index contributed by atoms with van der Waals surface area (Å²) in [5.41, 5.74) is 4.75. The van der Waals surface area contributed by atoms with Gasteiger partial charge in [0.25, 0.3) is 0 Å². The van der Waals surface area contributed by atoms with Crippen molar-refractivity contribution in [2.75, 3.05) is 0 Å². The molecule has 2 aliphatic rings. The highest BCUT2D eigenvalue weighted by Crippen LogP contribution is 2.43. The third-order valence-corrected chi connectivity index (χ3v) is 3.64. The van der Waals surface area contributed by atoms with E-state index in [1.165, 1.54) is 32.1 Å². The molecule has 0 radical (unpaired) electrons. The fourth-order valence-electron chi connectivity index (χ4n) is 2.96. The highest BCUT2D eigenvalue weighted by molar-refractivity contribution is 4.98. The summed E-state index contributed by atoms with van der Waals surface area (Å²) in [4.78, 5) is 0. The van der Waals surface area contributed by atoms with Crippen molar-refractivity contribution in [3.63, 3.8) is 0 Å². The van der Waals surface area contributed by atoms with Crippen LogP contribution < -0.4 is 5.73 Å². The SMILES string of the molecule is NC1CC(F)(CC2CCCCC2)C1. The van der Waals surface area contributed by atoms with E-state index in [9.17, 15) is 4.39 Å². The van der Waals surface area contributed by atoms with E-state index >= 15 is 0 Å². The average molecular weight is 185 g/mol. The van der Waals surface area contributed by atoms with Crippen LogP contribution in [0.3, 0.4) is 0 Å². The van der Waals surface area contributed by atoms with Gasteiger partial charge in [0.05, 0.1) is 0 Å². The highest BCUT2D eigenvalue weighted by atomic mass is 19.1. The second kappa shape index (κ2) is 3.56. The Kier molecular flexibility index (Phi) is 2.59. The number of rotatable bonds is 2. The van der Waals surface area contributed by atoms with E-state index < -0.39 is 5.67 Å². The molecular weight excluding hydrogens is 165 g/mol. The van der Waals surface area contributed by atoms with Crippen LogP contribution in [0.2, 0.25) is 0 Å². The van der Waals surface area contributed by atoms with E-state index in [-0.39, 0.29) is 6.04 Å². The largest absolute Gasteiger partial charge is 0.327 e. The predicted molar refractivity (Wildman–Crippen MR) is 52.2 cm³/mol. The van der Waals surface area contributed by atoms with Gasteiger partial charge in [0.1, 0.15) is 5.67 Å². The molecule has 0 atom stereocenters. The number of hydrogen-bond acceptors (Lipinski definition) is 1. The van der Waals surface area contributed by atoms with Crippen molar-refractivity contribution >= 4 is 0 Å². The molecule has 2 rings (SSSR count). The maximum Gasteiger partial charge on any atom is 0.114 e. The van der Waals surface area contributed by atoms with Crippen LogP contribution in [-0.4, -0.2) is 11.7 Å². The lowest BCUT2D eigenvalue weighted by molar-refractivity contribution is 0.0130. The van der Waals surface area contributed by atoms with Gasteiger partial charge in [0.15, 0.2) is 0 Å². The molecule has 2 fully saturated rings. The Hall–Kier alpha value is -0.110. The minimum absolute atomic E-state index is 0.147. The predicted octanol–water partition coefficient (Wildman–Crippen LogP) is 2.79. The molecule has 2 aliphatic carbocycles. The van der Waals surface area contributed by atoms with E-state index in [1.54, 1.807) is 0 Å². The summed E-state index contributed by atoms with van der Waals surface area (Å²) in [7, 11) is 0. The van der Waals surface area contributed by atoms with Crippen molar-refractivity contribution in [1.82, 2.24) is 0 Å². The van der Waals surface area contributed by atoms with Gasteiger partial charge in [-0.2, -0.15) is 0 Å². The van der Waals surface area contributed by atoms with Gasteiger partial charge in [-0.25, -0.2) is 4.39 Å². The number of nitrogens with two attached hydrogens (primary N) is 1. The smallest absolute Gasteiger partial charge is 0.114 e. The van der Waals surface area contributed by atoms with Crippen molar-refractivity contribution in [3.8, 4) is 0 Å². The minimum Gasteiger partial charge on any atom is -0.327 e. The topological polar surface area (TPSA) is 26.0 Å². The van der Waals surface area contributed by atoms with Crippen LogP contribution >= 0.6 is 0 Å². The first-order valence-corrected chi connectivity index (χ1v) is 5.62. The zero-order valence-electron chi connectivity index (χ0n) is 8.27. The Morgan fingerprint density at radius 2 is 1.77 bits per heavy atom. The summed E-state index contributed by atoms with van der Waals surface area (Å²) < 4.78 is 13.9. The Morgan fingerprint density at radius 1 is 1.15 bits per heavy atom. The Morgan fingerprint density at radius 3 is 2.31 bits per heavy atom. The number of alkyl halides is 1. The summed E-state index contributed by atoms with van der Waals surface area (Å²) in [5, 5.41) is 0. The second-order valence-corrected chi connectivity index (χ2v) is 5.03. The Labute approximate surface area is 79.9 Å². The van der Waals surface area contributed by atoms with Gasteiger partial charge in [-0.1, -0.05) is 32.1 Å². The van der Waals surface area contributed by atoms with E-state index in [2.05, 4.69) is 0 Å². The fourth-order valence-corrected chi connectivity index (χ4v) is 2.96. The van der Waals surface area contributed by atoms with Crippen molar-refractivity contribution in [2.45, 2.75) is 63.1 Å². The molecule has 0 amide bonds. The van der Waals surface area contributed by atoms with Gasteiger partial charge in [-0.15, -0.1) is 0 Å². The van der Waals surface area contributed by atoms with Crippen LogP contribution in [0.15, 0.2) is 0 Å². The lowest BCUT2D eigenvalue weighted by atomic mass is 9.70. The third kappa shape index (κ3) is 2.22. The van der Waals surface area contributed by atoms with Crippen molar-refractivity contribution in [1.29, 1.82) is 0 Å². The molecule has 0 aromatic rings. The van der Waals surface area contributed by atoms with Gasteiger partial charge >= 0.3 is 0 Å². The molecule has 2 N–H and O–H groups in total. The lowest BCUT2D eigenvalue weighted by Crippen LogP contribution is -2.49. The summed E-state index contributed by atoms with van der Waals surface area (Å²) in [6.07, 6.45) is 8.50. The zero-order chi connectivity index (χ0) is 9.31. The molecule has 0 aliphatic heterocycles. The third-order valence-electron chi connectivity index (χ3n) is 3.64. The molecule has 13 heavy (non-hydrogen) atoms. The van der Waals surface area contributed by atoms with Crippen LogP contribution in [0, 0.1) is 5.92 Å². The molecule has 0 saturated heterocycles. The van der Waals surface area contributed by atoms with Crippen LogP contribution in [0.1, 0.15) is 51.4 Å². The molecule has 76 valence electrons. The molecule has 0 bridgehead atoms. The molecule has 0 aromatic heterocycles. The number of halogens is 1. The van der Waals surface area contributed by atoms with E-state index in [0.717, 1.165) is 6.42 Å². The molecule has 0 spiro atoms. The van der Waals surface area contributed by atoms with Gasteiger partial charge < -0.3 is 5.73 Å². The van der Waals surface area contributed by atoms with Crippen molar-refractivity contribution in [2.24, 2.45) is 11.7 Å². The van der Waals surface area contributed by atoms with E-state index in [1.807, 2.05) is 0 Å². The molecule has 2 saturated carbocycles. The quantitative estimate of drug-likeness (QED) is 0.703. The van der Waals surface area contributed by atoms with Gasteiger partial charge in [-0.05, 0) is 25.2 Å². The second-order valence-electron chi connectivity index (χ2n) is 5.03. The Balaban J connectivity index is 1.76. The molecule has 0 heterocycles. The summed E-state index contributed by atoms with van der Waals surface area (Å²) >= 11 is 0. The first-order chi connectivity index (χ1) is 6.18. The molecule has 1 nitrogen and oxygen atoms in total. The summed E-state index contributed by atoms with van der Waals surface area (Å²) in [6, 6.07) is 0.147. The van der Waals surface area contributed by atoms with E-state index in [0.29, 0.717) is 18.8 Å². The van der Waals surface area contributed by atoms with Gasteiger partial charge in [-0.3, -0.25) is 0 Å². The van der Waals surface area contributed by atoms with Crippen LogP contribution in [0.4, 0.5) is 4.39 Å². The maximum atomic E-state index is 13.9. The van der Waals surface area contributed by atoms with Gasteiger partial charge in [0.2, 0.25) is 0 Å². The van der Waals surface area contributed by atoms with Gasteiger partial charge in [0, 0.05) is 6.04 Å². The molecule has 2 heteroatoms. The first kappa shape index (κ1) is 9.45. The minimum atomic E-state index is -0.874. The zero-order valence-corrected chi connectivity index (χ0v) is 8.27. The molecule has 0 unspecified atom stereocenters. The lowest BCUT2D eigenvalue weighted by Gasteiger charge is -2.42. The molecular formula is C11H20FN. The van der Waals surface area contributed by atoms with Crippen LogP contribution in [0.5, 0.6) is 0 Å². The normalized spacial score (nSPS) is 41.5. The standard InChI is InChI=1S/C11H20FN/c12-11(7-10(13)8-11)6-9-4-2-1-3-5-9/h9-10H,1-8,13H2. The monoisotopic (exact) mass is 185 g/mol. The fraction of sp³-hybridized carbons (Fsp3) is 1.00. The highest BCUT2D eigenvalue weighted by Gasteiger charge is 2.44. The maximum absolute atomic E-state index is 13.9. The average Bonchev–Trinajstić information content (AvgIpc) is 2.03. The van der Waals surface area contributed by atoms with Crippen molar-refractivity contribution < 1.29 is 4.39 Å². The Bertz CT molecular complexity index is 169. The summed E-state index contributed by atoms with van der Waals surface area (Å²) in [6.45, 7) is 0. The summed E-state index contributed by atoms with van der Waals surface area (Å²) in [5.74, 6) is 0.659.